The van der Waals surface area contributed by atoms with E-state index in [0.29, 0.717) is 22.4 Å². The maximum Gasteiger partial charge on any atom is 0.416 e. The summed E-state index contributed by atoms with van der Waals surface area (Å²) in [6, 6.07) is 3.37. The molecule has 0 spiro atoms. The van der Waals surface area contributed by atoms with Gasteiger partial charge in [-0.15, -0.1) is 0 Å². The molecular weight excluding hydrogens is 245 g/mol. The Morgan fingerprint density at radius 3 is 2.56 bits per heavy atom. The molecule has 1 N–H and O–H groups in total. The van der Waals surface area contributed by atoms with E-state index in [9.17, 15) is 13.2 Å². The van der Waals surface area contributed by atoms with E-state index < -0.39 is 11.7 Å². The van der Waals surface area contributed by atoms with Crippen molar-refractivity contribution >= 4 is 10.9 Å². The van der Waals surface area contributed by atoms with E-state index in [4.69, 9.17) is 5.11 Å². The van der Waals surface area contributed by atoms with Gasteiger partial charge in [0.1, 0.15) is 5.82 Å². The molecule has 1 aromatic heterocycles. The van der Waals surface area contributed by atoms with Crippen molar-refractivity contribution in [1.82, 2.24) is 9.97 Å². The summed E-state index contributed by atoms with van der Waals surface area (Å²) in [6.45, 7) is 1.54. The van der Waals surface area contributed by atoms with Crippen molar-refractivity contribution in [2.45, 2.75) is 19.5 Å². The first-order valence-corrected chi connectivity index (χ1v) is 5.37. The number of aliphatic hydroxyl groups excluding tert-OH is 1. The number of hydrogen-bond donors (Lipinski definition) is 1. The predicted octanol–water partition coefficient (Wildman–Crippen LogP) is 2.49. The first kappa shape index (κ1) is 12.8. The van der Waals surface area contributed by atoms with Gasteiger partial charge in [-0.05, 0) is 25.1 Å². The van der Waals surface area contributed by atoms with Gasteiger partial charge in [-0.1, -0.05) is 0 Å². The Labute approximate surface area is 101 Å². The fourth-order valence-electron chi connectivity index (χ4n) is 1.73. The molecule has 2 aromatic rings. The molecule has 0 atom stereocenters. The molecule has 0 aliphatic carbocycles. The highest BCUT2D eigenvalue weighted by atomic mass is 19.4. The maximum atomic E-state index is 12.6. The third-order valence-electron chi connectivity index (χ3n) is 2.60. The third-order valence-corrected chi connectivity index (χ3v) is 2.60. The summed E-state index contributed by atoms with van der Waals surface area (Å²) in [6.07, 6.45) is -4.08. The van der Waals surface area contributed by atoms with E-state index in [-0.39, 0.29) is 13.0 Å². The number of benzene rings is 1. The van der Waals surface area contributed by atoms with Gasteiger partial charge in [-0.2, -0.15) is 13.2 Å². The molecule has 0 fully saturated rings. The normalized spacial score (nSPS) is 12.1. The van der Waals surface area contributed by atoms with Crippen LogP contribution in [0.25, 0.3) is 10.9 Å². The van der Waals surface area contributed by atoms with Gasteiger partial charge in [-0.25, -0.2) is 9.97 Å². The van der Waals surface area contributed by atoms with Crippen LogP contribution >= 0.6 is 0 Å². The van der Waals surface area contributed by atoms with Gasteiger partial charge in [0, 0.05) is 17.5 Å². The van der Waals surface area contributed by atoms with Crippen LogP contribution in [0.4, 0.5) is 13.2 Å². The van der Waals surface area contributed by atoms with Crippen LogP contribution in [0.5, 0.6) is 0 Å². The molecule has 18 heavy (non-hydrogen) atoms. The Kier molecular flexibility index (Phi) is 3.21. The Balaban J connectivity index is 2.58. The van der Waals surface area contributed by atoms with Crippen molar-refractivity contribution in [3.05, 3.63) is 35.3 Å². The quantitative estimate of drug-likeness (QED) is 0.897. The van der Waals surface area contributed by atoms with Crippen molar-refractivity contribution in [3.63, 3.8) is 0 Å². The van der Waals surface area contributed by atoms with E-state index in [1.807, 2.05) is 0 Å². The molecule has 0 amide bonds. The molecule has 1 aromatic carbocycles. The highest BCUT2D eigenvalue weighted by Gasteiger charge is 2.30. The number of aryl methyl sites for hydroxylation is 1. The topological polar surface area (TPSA) is 46.0 Å². The fourth-order valence-corrected chi connectivity index (χ4v) is 1.73. The zero-order chi connectivity index (χ0) is 13.3. The van der Waals surface area contributed by atoms with Gasteiger partial charge in [0.05, 0.1) is 17.7 Å². The zero-order valence-electron chi connectivity index (χ0n) is 9.62. The highest BCUT2D eigenvalue weighted by Crippen LogP contribution is 2.31. The molecule has 3 nitrogen and oxygen atoms in total. The second-order valence-electron chi connectivity index (χ2n) is 3.93. The van der Waals surface area contributed by atoms with Gasteiger partial charge in [0.15, 0.2) is 0 Å². The van der Waals surface area contributed by atoms with E-state index in [1.165, 1.54) is 6.07 Å². The summed E-state index contributed by atoms with van der Waals surface area (Å²) in [5.41, 5.74) is 0.227. The number of fused-ring (bicyclic) bond motifs is 1. The van der Waals surface area contributed by atoms with Gasteiger partial charge in [0.25, 0.3) is 0 Å². The monoisotopic (exact) mass is 256 g/mol. The fraction of sp³-hybridized carbons (Fsp3) is 0.333. The molecule has 0 aliphatic rings. The second-order valence-corrected chi connectivity index (χ2v) is 3.93. The van der Waals surface area contributed by atoms with Crippen LogP contribution in [-0.4, -0.2) is 21.7 Å². The number of nitrogens with zero attached hydrogens (tertiary/aromatic N) is 2. The number of rotatable bonds is 2. The number of halogens is 3. The van der Waals surface area contributed by atoms with Crippen molar-refractivity contribution in [2.24, 2.45) is 0 Å². The Morgan fingerprint density at radius 2 is 1.94 bits per heavy atom. The standard InChI is InChI=1S/C12H11F3N2O/c1-7-9-6-8(12(13,14)15)2-3-10(9)17-11(16-7)4-5-18/h2-3,6,18H,4-5H2,1H3. The molecule has 0 radical (unpaired) electrons. The highest BCUT2D eigenvalue weighted by molar-refractivity contribution is 5.81. The van der Waals surface area contributed by atoms with Crippen LogP contribution in [0, 0.1) is 6.92 Å². The maximum absolute atomic E-state index is 12.6. The molecule has 0 saturated carbocycles. The lowest BCUT2D eigenvalue weighted by atomic mass is 10.1. The SMILES string of the molecule is Cc1nc(CCO)nc2ccc(C(F)(F)F)cc12. The molecule has 2 rings (SSSR count). The van der Waals surface area contributed by atoms with Crippen LogP contribution in [0.3, 0.4) is 0 Å². The lowest BCUT2D eigenvalue weighted by molar-refractivity contribution is -0.137. The van der Waals surface area contributed by atoms with E-state index in [2.05, 4.69) is 9.97 Å². The minimum Gasteiger partial charge on any atom is -0.396 e. The predicted molar refractivity (Wildman–Crippen MR) is 60.1 cm³/mol. The van der Waals surface area contributed by atoms with Crippen LogP contribution < -0.4 is 0 Å². The minimum absolute atomic E-state index is 0.0917. The van der Waals surface area contributed by atoms with Gasteiger partial charge in [0.2, 0.25) is 0 Å². The van der Waals surface area contributed by atoms with E-state index >= 15 is 0 Å². The largest absolute Gasteiger partial charge is 0.416 e. The average molecular weight is 256 g/mol. The van der Waals surface area contributed by atoms with E-state index in [1.54, 1.807) is 6.92 Å². The molecule has 0 unspecified atom stereocenters. The Hall–Kier alpha value is -1.69. The lowest BCUT2D eigenvalue weighted by Crippen LogP contribution is -2.06. The minimum atomic E-state index is -4.37. The number of hydrogen-bond acceptors (Lipinski definition) is 3. The van der Waals surface area contributed by atoms with Gasteiger partial charge in [-0.3, -0.25) is 0 Å². The zero-order valence-corrected chi connectivity index (χ0v) is 9.62. The molecule has 0 bridgehead atoms. The summed E-state index contributed by atoms with van der Waals surface area (Å²) >= 11 is 0. The van der Waals surface area contributed by atoms with Gasteiger partial charge >= 0.3 is 6.18 Å². The molecular formula is C12H11F3N2O. The van der Waals surface area contributed by atoms with Crippen LogP contribution in [0.15, 0.2) is 18.2 Å². The molecule has 0 aliphatic heterocycles. The van der Waals surface area contributed by atoms with E-state index in [0.717, 1.165) is 12.1 Å². The molecule has 0 saturated heterocycles. The summed E-state index contributed by atoms with van der Waals surface area (Å²) < 4.78 is 37.7. The summed E-state index contributed by atoms with van der Waals surface area (Å²) in [5.74, 6) is 0.433. The van der Waals surface area contributed by atoms with Crippen molar-refractivity contribution in [3.8, 4) is 0 Å². The second kappa shape index (κ2) is 4.53. The molecule has 1 heterocycles. The number of aromatic nitrogens is 2. The summed E-state index contributed by atoms with van der Waals surface area (Å²) in [4.78, 5) is 8.19. The smallest absolute Gasteiger partial charge is 0.396 e. The Bertz CT molecular complexity index is 581. The van der Waals surface area contributed by atoms with Crippen molar-refractivity contribution in [1.29, 1.82) is 0 Å². The first-order valence-electron chi connectivity index (χ1n) is 5.37. The molecule has 96 valence electrons. The summed E-state index contributed by atoms with van der Waals surface area (Å²) in [5, 5.41) is 9.19. The molecule has 6 heteroatoms. The van der Waals surface area contributed by atoms with Crippen LogP contribution in [0.1, 0.15) is 17.1 Å². The van der Waals surface area contributed by atoms with Crippen molar-refractivity contribution < 1.29 is 18.3 Å². The van der Waals surface area contributed by atoms with Gasteiger partial charge < -0.3 is 5.11 Å². The third kappa shape index (κ3) is 2.43. The lowest BCUT2D eigenvalue weighted by Gasteiger charge is -2.09. The number of alkyl halides is 3. The first-order chi connectivity index (χ1) is 8.41. The average Bonchev–Trinajstić information content (AvgIpc) is 2.27. The Morgan fingerprint density at radius 1 is 1.22 bits per heavy atom. The summed E-state index contributed by atoms with van der Waals surface area (Å²) in [7, 11) is 0. The van der Waals surface area contributed by atoms with Crippen LogP contribution in [-0.2, 0) is 12.6 Å². The van der Waals surface area contributed by atoms with Crippen molar-refractivity contribution in [2.75, 3.05) is 6.61 Å². The number of aliphatic hydroxyl groups is 1. The van der Waals surface area contributed by atoms with Crippen LogP contribution in [0.2, 0.25) is 0 Å².